The van der Waals surface area contributed by atoms with Crippen molar-refractivity contribution in [2.75, 3.05) is 6.61 Å². The molecule has 0 aliphatic carbocycles. The summed E-state index contributed by atoms with van der Waals surface area (Å²) in [6, 6.07) is 0. The van der Waals surface area contributed by atoms with Crippen LogP contribution in [-0.4, -0.2) is 12.6 Å². The Morgan fingerprint density at radius 2 is 2.30 bits per heavy atom. The smallest absolute Gasteiger partial charge is 0.314 e. The Hall–Kier alpha value is -0.500. The summed E-state index contributed by atoms with van der Waals surface area (Å²) in [5.74, 6) is -0.359. The van der Waals surface area contributed by atoms with E-state index in [9.17, 15) is 4.79 Å². The first kappa shape index (κ1) is 9.50. The van der Waals surface area contributed by atoms with Crippen LogP contribution < -0.4 is 0 Å². The van der Waals surface area contributed by atoms with Crippen molar-refractivity contribution in [3.8, 4) is 0 Å². The highest BCUT2D eigenvalue weighted by molar-refractivity contribution is 6.29. The van der Waals surface area contributed by atoms with Crippen LogP contribution >= 0.6 is 11.6 Å². The third-order valence-corrected chi connectivity index (χ3v) is 0.862. The molecule has 0 aromatic rings. The third kappa shape index (κ3) is 5.63. The van der Waals surface area contributed by atoms with Crippen molar-refractivity contribution in [2.24, 2.45) is 0 Å². The number of allylic oxidation sites excluding steroid dienone is 1. The van der Waals surface area contributed by atoms with Crippen LogP contribution in [0, 0.1) is 6.42 Å². The average molecular weight is 162 g/mol. The predicted octanol–water partition coefficient (Wildman–Crippen LogP) is 1.90. The molecule has 0 saturated heterocycles. The van der Waals surface area contributed by atoms with Gasteiger partial charge in [-0.05, 0) is 13.8 Å². The monoisotopic (exact) mass is 161 g/mol. The lowest BCUT2D eigenvalue weighted by Crippen LogP contribution is -2.02. The number of carbonyl (C=O) groups excluding carboxylic acids is 1. The first-order chi connectivity index (χ1) is 4.66. The Morgan fingerprint density at radius 3 is 2.70 bits per heavy atom. The number of carbonyl (C=O) groups is 1. The maximum Gasteiger partial charge on any atom is 0.314 e. The summed E-state index contributed by atoms with van der Waals surface area (Å²) in [6.07, 6.45) is 2.80. The molecule has 0 amide bonds. The molecule has 2 nitrogen and oxygen atoms in total. The molecular weight excluding hydrogens is 152 g/mol. The lowest BCUT2D eigenvalue weighted by molar-refractivity contribution is -0.138. The number of ether oxygens (including phenoxy) is 1. The second-order valence-electron chi connectivity index (χ2n) is 1.67. The van der Waals surface area contributed by atoms with E-state index >= 15 is 0 Å². The Kier molecular flexibility index (Phi) is 5.03. The largest absolute Gasteiger partial charge is 0.466 e. The summed E-state index contributed by atoms with van der Waals surface area (Å²) in [6.45, 7) is 3.84. The third-order valence-electron chi connectivity index (χ3n) is 0.736. The zero-order valence-electron chi connectivity index (χ0n) is 6.06. The van der Waals surface area contributed by atoms with E-state index in [1.54, 1.807) is 13.8 Å². The zero-order valence-corrected chi connectivity index (χ0v) is 6.81. The van der Waals surface area contributed by atoms with Crippen LogP contribution in [0.2, 0.25) is 0 Å². The summed E-state index contributed by atoms with van der Waals surface area (Å²) < 4.78 is 4.59. The van der Waals surface area contributed by atoms with Crippen molar-refractivity contribution < 1.29 is 9.53 Å². The molecule has 0 aromatic carbocycles. The first-order valence-electron chi connectivity index (χ1n) is 3.00. The molecule has 0 fully saturated rings. The topological polar surface area (TPSA) is 26.3 Å². The first-order valence-corrected chi connectivity index (χ1v) is 3.38. The average Bonchev–Trinajstić information content (AvgIpc) is 1.85. The number of hydrogen-bond acceptors (Lipinski definition) is 2. The van der Waals surface area contributed by atoms with Gasteiger partial charge in [-0.1, -0.05) is 17.7 Å². The van der Waals surface area contributed by atoms with Crippen LogP contribution in [-0.2, 0) is 9.53 Å². The Balaban J connectivity index is 3.49. The maximum absolute atomic E-state index is 10.6. The highest BCUT2D eigenvalue weighted by Gasteiger charge is 1.97. The molecule has 0 rings (SSSR count). The Labute approximate surface area is 65.8 Å². The fourth-order valence-electron chi connectivity index (χ4n) is 0.373. The van der Waals surface area contributed by atoms with Crippen LogP contribution in [0.3, 0.4) is 0 Å². The van der Waals surface area contributed by atoms with Gasteiger partial charge in [-0.3, -0.25) is 4.79 Å². The van der Waals surface area contributed by atoms with E-state index in [1.165, 1.54) is 12.5 Å². The lowest BCUT2D eigenvalue weighted by atomic mass is 10.4. The van der Waals surface area contributed by atoms with Gasteiger partial charge in [0.2, 0.25) is 0 Å². The molecule has 0 N–H and O–H groups in total. The minimum atomic E-state index is -0.359. The van der Waals surface area contributed by atoms with Crippen molar-refractivity contribution in [3.05, 3.63) is 17.5 Å². The summed E-state index contributed by atoms with van der Waals surface area (Å²) in [5.41, 5.74) is 0. The molecule has 10 heavy (non-hydrogen) atoms. The summed E-state index contributed by atoms with van der Waals surface area (Å²) >= 11 is 5.44. The van der Waals surface area contributed by atoms with E-state index in [2.05, 4.69) is 4.74 Å². The SMILES string of the molecule is CCOC(=O)[CH]C=C(C)Cl. The maximum atomic E-state index is 10.6. The molecule has 0 atom stereocenters. The highest BCUT2D eigenvalue weighted by atomic mass is 35.5. The molecule has 0 aliphatic rings. The van der Waals surface area contributed by atoms with E-state index < -0.39 is 0 Å². The van der Waals surface area contributed by atoms with E-state index in [-0.39, 0.29) is 5.97 Å². The fraction of sp³-hybridized carbons (Fsp3) is 0.429. The van der Waals surface area contributed by atoms with E-state index in [1.807, 2.05) is 0 Å². The van der Waals surface area contributed by atoms with Gasteiger partial charge in [0.25, 0.3) is 0 Å². The van der Waals surface area contributed by atoms with Crippen molar-refractivity contribution in [1.82, 2.24) is 0 Å². The zero-order chi connectivity index (χ0) is 7.98. The van der Waals surface area contributed by atoms with Crippen molar-refractivity contribution in [1.29, 1.82) is 0 Å². The molecule has 0 aliphatic heterocycles. The second-order valence-corrected chi connectivity index (χ2v) is 2.27. The van der Waals surface area contributed by atoms with Gasteiger partial charge >= 0.3 is 5.97 Å². The van der Waals surface area contributed by atoms with Gasteiger partial charge in [-0.15, -0.1) is 0 Å². The quantitative estimate of drug-likeness (QED) is 0.591. The van der Waals surface area contributed by atoms with Crippen LogP contribution in [0.1, 0.15) is 13.8 Å². The minimum absolute atomic E-state index is 0.359. The van der Waals surface area contributed by atoms with Crippen molar-refractivity contribution in [2.45, 2.75) is 13.8 Å². The number of halogens is 1. The Morgan fingerprint density at radius 1 is 1.70 bits per heavy atom. The van der Waals surface area contributed by atoms with Gasteiger partial charge in [-0.2, -0.15) is 0 Å². The molecule has 57 valence electrons. The normalized spacial score (nSPS) is 11.3. The predicted molar refractivity (Wildman–Crippen MR) is 40.5 cm³/mol. The van der Waals surface area contributed by atoms with Gasteiger partial charge in [0, 0.05) is 5.03 Å². The molecule has 0 unspecified atom stereocenters. The fourth-order valence-corrected chi connectivity index (χ4v) is 0.436. The van der Waals surface area contributed by atoms with Crippen LogP contribution in [0.25, 0.3) is 0 Å². The van der Waals surface area contributed by atoms with Crippen molar-refractivity contribution >= 4 is 17.6 Å². The lowest BCUT2D eigenvalue weighted by Gasteiger charge is -1.95. The molecule has 0 heterocycles. The van der Waals surface area contributed by atoms with Gasteiger partial charge in [0.05, 0.1) is 13.0 Å². The van der Waals surface area contributed by atoms with Crippen LogP contribution in [0.4, 0.5) is 0 Å². The second kappa shape index (κ2) is 5.30. The molecular formula is C7H10ClO2. The van der Waals surface area contributed by atoms with Crippen molar-refractivity contribution in [3.63, 3.8) is 0 Å². The van der Waals surface area contributed by atoms with Gasteiger partial charge in [-0.25, -0.2) is 0 Å². The minimum Gasteiger partial charge on any atom is -0.466 e. The van der Waals surface area contributed by atoms with Crippen LogP contribution in [0.15, 0.2) is 11.1 Å². The molecule has 0 bridgehead atoms. The number of esters is 1. The number of rotatable bonds is 3. The number of hydrogen-bond donors (Lipinski definition) is 0. The van der Waals surface area contributed by atoms with E-state index in [0.717, 1.165) is 0 Å². The summed E-state index contributed by atoms with van der Waals surface area (Å²) in [4.78, 5) is 10.6. The molecule has 0 spiro atoms. The molecule has 3 heteroatoms. The summed E-state index contributed by atoms with van der Waals surface area (Å²) in [7, 11) is 0. The molecule has 1 radical (unpaired) electrons. The van der Waals surface area contributed by atoms with E-state index in [0.29, 0.717) is 11.6 Å². The summed E-state index contributed by atoms with van der Waals surface area (Å²) in [5, 5.41) is 0.563. The van der Waals surface area contributed by atoms with Gasteiger partial charge in [0.1, 0.15) is 0 Å². The van der Waals surface area contributed by atoms with E-state index in [4.69, 9.17) is 11.6 Å². The van der Waals surface area contributed by atoms with Gasteiger partial charge in [0.15, 0.2) is 0 Å². The molecule has 0 saturated carbocycles. The standard InChI is InChI=1S/C7H10ClO2/c1-3-10-7(9)5-4-6(2)8/h4-5H,3H2,1-2H3. The highest BCUT2D eigenvalue weighted by Crippen LogP contribution is 1.99. The van der Waals surface area contributed by atoms with Crippen LogP contribution in [0.5, 0.6) is 0 Å². The molecule has 0 aromatic heterocycles. The Bertz CT molecular complexity index is 137. The van der Waals surface area contributed by atoms with Gasteiger partial charge < -0.3 is 4.74 Å².